The number of carbonyl (C=O) groups excluding carboxylic acids is 1. The molecular formula is C21H20N4O. The van der Waals surface area contributed by atoms with Gasteiger partial charge >= 0.3 is 0 Å². The van der Waals surface area contributed by atoms with Crippen molar-refractivity contribution in [2.45, 2.75) is 12.3 Å². The number of amides is 1. The van der Waals surface area contributed by atoms with Crippen LogP contribution in [0.4, 0.5) is 0 Å². The minimum absolute atomic E-state index is 0.105. The lowest BCUT2D eigenvalue weighted by Crippen LogP contribution is -2.29. The third-order valence-corrected chi connectivity index (χ3v) is 5.74. The Labute approximate surface area is 152 Å². The van der Waals surface area contributed by atoms with Crippen LogP contribution >= 0.6 is 0 Å². The third-order valence-electron chi connectivity index (χ3n) is 5.74. The molecule has 26 heavy (non-hydrogen) atoms. The molecule has 0 bridgehead atoms. The van der Waals surface area contributed by atoms with Gasteiger partial charge in [0.1, 0.15) is 0 Å². The SMILES string of the molecule is Cn1nc(-c2ccccc2)c2c1C[C@@H]1CN(C(=O)c3ccncc3)C[C@H]21. The van der Waals surface area contributed by atoms with E-state index >= 15 is 0 Å². The lowest BCUT2D eigenvalue weighted by Gasteiger charge is -2.17. The predicted molar refractivity (Wildman–Crippen MR) is 98.7 cm³/mol. The lowest BCUT2D eigenvalue weighted by atomic mass is 9.94. The molecule has 0 spiro atoms. The van der Waals surface area contributed by atoms with E-state index in [1.54, 1.807) is 24.5 Å². The number of aryl methyl sites for hydroxylation is 1. The van der Waals surface area contributed by atoms with Crippen LogP contribution in [0.2, 0.25) is 0 Å². The molecule has 0 N–H and O–H groups in total. The smallest absolute Gasteiger partial charge is 0.253 e. The van der Waals surface area contributed by atoms with E-state index in [1.165, 1.54) is 11.3 Å². The molecule has 130 valence electrons. The van der Waals surface area contributed by atoms with Crippen molar-refractivity contribution >= 4 is 5.91 Å². The summed E-state index contributed by atoms with van der Waals surface area (Å²) >= 11 is 0. The second-order valence-electron chi connectivity index (χ2n) is 7.22. The predicted octanol–water partition coefficient (Wildman–Crippen LogP) is 2.89. The number of likely N-dealkylation sites (tertiary alicyclic amines) is 1. The highest BCUT2D eigenvalue weighted by Gasteiger charge is 2.45. The molecular weight excluding hydrogens is 324 g/mol. The van der Waals surface area contributed by atoms with Gasteiger partial charge in [-0.2, -0.15) is 5.10 Å². The number of carbonyl (C=O) groups is 1. The Morgan fingerprint density at radius 1 is 1.08 bits per heavy atom. The van der Waals surface area contributed by atoms with E-state index in [-0.39, 0.29) is 5.91 Å². The topological polar surface area (TPSA) is 51.0 Å². The molecule has 0 unspecified atom stereocenters. The largest absolute Gasteiger partial charge is 0.338 e. The average molecular weight is 344 g/mol. The summed E-state index contributed by atoms with van der Waals surface area (Å²) in [5.74, 6) is 0.968. The minimum Gasteiger partial charge on any atom is -0.338 e. The van der Waals surface area contributed by atoms with Gasteiger partial charge in [0.2, 0.25) is 0 Å². The summed E-state index contributed by atoms with van der Waals surface area (Å²) in [7, 11) is 2.03. The van der Waals surface area contributed by atoms with E-state index in [0.717, 1.165) is 36.3 Å². The molecule has 1 fully saturated rings. The van der Waals surface area contributed by atoms with Crippen LogP contribution in [-0.4, -0.2) is 38.7 Å². The van der Waals surface area contributed by atoms with Gasteiger partial charge in [0.15, 0.2) is 0 Å². The molecule has 5 rings (SSSR count). The molecule has 3 heterocycles. The second kappa shape index (κ2) is 5.80. The number of hydrogen-bond donors (Lipinski definition) is 0. The first-order valence-corrected chi connectivity index (χ1v) is 9.03. The standard InChI is InChI=1S/C21H20N4O/c1-24-18-11-16-12-25(21(26)15-7-9-22-10-8-15)13-17(16)19(18)20(23-24)14-5-3-2-4-6-14/h2-10,16-17H,11-13H2,1H3/t16-,17+/m1/s1. The average Bonchev–Trinajstić information content (AvgIpc) is 3.33. The van der Waals surface area contributed by atoms with Gasteiger partial charge in [0, 0.05) is 60.8 Å². The maximum atomic E-state index is 12.8. The van der Waals surface area contributed by atoms with Crippen LogP contribution < -0.4 is 0 Å². The van der Waals surface area contributed by atoms with Crippen LogP contribution in [0.15, 0.2) is 54.9 Å². The summed E-state index contributed by atoms with van der Waals surface area (Å²) < 4.78 is 2.03. The molecule has 2 aromatic heterocycles. The Kier molecular flexibility index (Phi) is 3.42. The van der Waals surface area contributed by atoms with Crippen LogP contribution in [-0.2, 0) is 13.5 Å². The molecule has 0 radical (unpaired) electrons. The van der Waals surface area contributed by atoms with Crippen molar-refractivity contribution in [1.82, 2.24) is 19.7 Å². The quantitative estimate of drug-likeness (QED) is 0.718. The zero-order chi connectivity index (χ0) is 17.7. The minimum atomic E-state index is 0.105. The van der Waals surface area contributed by atoms with Gasteiger partial charge in [-0.15, -0.1) is 0 Å². The molecule has 1 saturated heterocycles. The van der Waals surface area contributed by atoms with Gasteiger partial charge in [0.25, 0.3) is 5.91 Å². The van der Waals surface area contributed by atoms with Crippen molar-refractivity contribution in [1.29, 1.82) is 0 Å². The number of benzene rings is 1. The van der Waals surface area contributed by atoms with Crippen LogP contribution in [0, 0.1) is 5.92 Å². The summed E-state index contributed by atoms with van der Waals surface area (Å²) in [6.45, 7) is 1.58. The Hall–Kier alpha value is -2.95. The molecule has 2 atom stereocenters. The molecule has 2 aliphatic rings. The highest BCUT2D eigenvalue weighted by Crippen LogP contribution is 2.47. The van der Waals surface area contributed by atoms with Gasteiger partial charge < -0.3 is 4.90 Å². The van der Waals surface area contributed by atoms with Crippen molar-refractivity contribution in [3.63, 3.8) is 0 Å². The molecule has 1 aliphatic carbocycles. The molecule has 1 aromatic carbocycles. The molecule has 1 aliphatic heterocycles. The summed E-state index contributed by atoms with van der Waals surface area (Å²) in [4.78, 5) is 18.8. The van der Waals surface area contributed by atoms with Crippen molar-refractivity contribution in [2.75, 3.05) is 13.1 Å². The molecule has 5 heteroatoms. The molecule has 0 saturated carbocycles. The monoisotopic (exact) mass is 344 g/mol. The first-order valence-electron chi connectivity index (χ1n) is 9.03. The maximum absolute atomic E-state index is 12.8. The Morgan fingerprint density at radius 2 is 1.85 bits per heavy atom. The van der Waals surface area contributed by atoms with E-state index in [1.807, 2.05) is 22.7 Å². The number of rotatable bonds is 2. The van der Waals surface area contributed by atoms with Gasteiger partial charge in [-0.25, -0.2) is 0 Å². The third kappa shape index (κ3) is 2.27. The van der Waals surface area contributed by atoms with Crippen molar-refractivity contribution in [3.8, 4) is 11.3 Å². The van der Waals surface area contributed by atoms with Gasteiger partial charge in [-0.3, -0.25) is 14.5 Å². The summed E-state index contributed by atoms with van der Waals surface area (Å²) in [6, 6.07) is 14.0. The normalized spacial score (nSPS) is 20.9. The van der Waals surface area contributed by atoms with E-state index < -0.39 is 0 Å². The number of nitrogens with zero attached hydrogens (tertiary/aromatic N) is 4. The molecule has 3 aromatic rings. The Morgan fingerprint density at radius 3 is 2.62 bits per heavy atom. The summed E-state index contributed by atoms with van der Waals surface area (Å²) in [5, 5.41) is 4.80. The van der Waals surface area contributed by atoms with E-state index in [4.69, 9.17) is 5.10 Å². The second-order valence-corrected chi connectivity index (χ2v) is 7.22. The van der Waals surface area contributed by atoms with Gasteiger partial charge in [-0.05, 0) is 24.5 Å². The number of aromatic nitrogens is 3. The van der Waals surface area contributed by atoms with Crippen LogP contribution in [0.3, 0.4) is 0 Å². The highest BCUT2D eigenvalue weighted by molar-refractivity contribution is 5.94. The van der Waals surface area contributed by atoms with Crippen molar-refractivity contribution in [2.24, 2.45) is 13.0 Å². The zero-order valence-corrected chi connectivity index (χ0v) is 14.7. The molecule has 1 amide bonds. The first-order chi connectivity index (χ1) is 12.7. The van der Waals surface area contributed by atoms with Crippen LogP contribution in [0.5, 0.6) is 0 Å². The van der Waals surface area contributed by atoms with E-state index in [9.17, 15) is 4.79 Å². The molecule has 5 nitrogen and oxygen atoms in total. The van der Waals surface area contributed by atoms with E-state index in [2.05, 4.69) is 29.2 Å². The Balaban J connectivity index is 1.48. The lowest BCUT2D eigenvalue weighted by molar-refractivity contribution is 0.0785. The zero-order valence-electron chi connectivity index (χ0n) is 14.7. The Bertz CT molecular complexity index is 964. The summed E-state index contributed by atoms with van der Waals surface area (Å²) in [5.41, 5.74) is 5.62. The fourth-order valence-electron chi connectivity index (χ4n) is 4.51. The van der Waals surface area contributed by atoms with Crippen LogP contribution in [0.1, 0.15) is 27.5 Å². The van der Waals surface area contributed by atoms with E-state index in [0.29, 0.717) is 11.8 Å². The first kappa shape index (κ1) is 15.3. The highest BCUT2D eigenvalue weighted by atomic mass is 16.2. The summed E-state index contributed by atoms with van der Waals surface area (Å²) in [6.07, 6.45) is 4.35. The fraction of sp³-hybridized carbons (Fsp3) is 0.286. The van der Waals surface area contributed by atoms with Crippen molar-refractivity contribution in [3.05, 3.63) is 71.7 Å². The number of hydrogen-bond acceptors (Lipinski definition) is 3. The number of fused-ring (bicyclic) bond motifs is 3. The van der Waals surface area contributed by atoms with Gasteiger partial charge in [0.05, 0.1) is 5.69 Å². The fourth-order valence-corrected chi connectivity index (χ4v) is 4.51. The van der Waals surface area contributed by atoms with Crippen LogP contribution in [0.25, 0.3) is 11.3 Å². The number of pyridine rings is 1. The van der Waals surface area contributed by atoms with Crippen molar-refractivity contribution < 1.29 is 4.79 Å². The maximum Gasteiger partial charge on any atom is 0.253 e. The van der Waals surface area contributed by atoms with Gasteiger partial charge in [-0.1, -0.05) is 30.3 Å².